The number of hydrogen-bond acceptors (Lipinski definition) is 2. The SMILES string of the molecule is O=C1CCCc2nc3ccc(Cl)cn3c21. The van der Waals surface area contributed by atoms with Crippen molar-refractivity contribution >= 4 is 23.0 Å². The summed E-state index contributed by atoms with van der Waals surface area (Å²) < 4.78 is 1.80. The summed E-state index contributed by atoms with van der Waals surface area (Å²) in [6.45, 7) is 0. The number of pyridine rings is 1. The van der Waals surface area contributed by atoms with Crippen LogP contribution in [0.25, 0.3) is 5.65 Å². The predicted octanol–water partition coefficient (Wildman–Crippen LogP) is 2.51. The van der Waals surface area contributed by atoms with Crippen LogP contribution in [-0.4, -0.2) is 15.2 Å². The van der Waals surface area contributed by atoms with Gasteiger partial charge in [0.25, 0.3) is 0 Å². The van der Waals surface area contributed by atoms with E-state index in [2.05, 4.69) is 4.98 Å². The lowest BCUT2D eigenvalue weighted by Gasteiger charge is -2.08. The molecule has 0 atom stereocenters. The third-order valence-corrected chi connectivity index (χ3v) is 2.96. The zero-order valence-electron chi connectivity index (χ0n) is 8.03. The molecule has 2 heterocycles. The molecule has 0 saturated heterocycles. The van der Waals surface area contributed by atoms with Crippen molar-refractivity contribution < 1.29 is 4.79 Å². The Morgan fingerprint density at radius 2 is 2.20 bits per heavy atom. The van der Waals surface area contributed by atoms with E-state index in [1.165, 1.54) is 0 Å². The number of fused-ring (bicyclic) bond motifs is 3. The maximum atomic E-state index is 11.8. The summed E-state index contributed by atoms with van der Waals surface area (Å²) in [5.41, 5.74) is 2.44. The Hall–Kier alpha value is -1.35. The molecule has 0 aromatic carbocycles. The standard InChI is InChI=1S/C11H9ClN2O/c12-7-4-5-10-13-8-2-1-3-9(15)11(8)14(10)6-7/h4-6H,1-3H2. The van der Waals surface area contributed by atoms with Gasteiger partial charge in [0.2, 0.25) is 0 Å². The minimum absolute atomic E-state index is 0.172. The van der Waals surface area contributed by atoms with Crippen LogP contribution in [0.5, 0.6) is 0 Å². The minimum Gasteiger partial charge on any atom is -0.295 e. The van der Waals surface area contributed by atoms with Crippen LogP contribution in [-0.2, 0) is 6.42 Å². The van der Waals surface area contributed by atoms with Gasteiger partial charge >= 0.3 is 0 Å². The molecule has 0 radical (unpaired) electrons. The van der Waals surface area contributed by atoms with Gasteiger partial charge < -0.3 is 0 Å². The maximum absolute atomic E-state index is 11.8. The van der Waals surface area contributed by atoms with Crippen molar-refractivity contribution in [3.63, 3.8) is 0 Å². The zero-order valence-corrected chi connectivity index (χ0v) is 8.79. The van der Waals surface area contributed by atoms with Gasteiger partial charge in [-0.3, -0.25) is 9.20 Å². The molecule has 76 valence electrons. The Balaban J connectivity index is 2.38. The normalized spacial score (nSPS) is 15.7. The molecule has 2 aromatic rings. The van der Waals surface area contributed by atoms with E-state index in [9.17, 15) is 4.79 Å². The molecule has 0 N–H and O–H groups in total. The summed E-state index contributed by atoms with van der Waals surface area (Å²) in [5.74, 6) is 0.172. The first-order valence-corrected chi connectivity index (χ1v) is 5.33. The van der Waals surface area contributed by atoms with E-state index in [1.807, 2.05) is 6.07 Å². The number of aryl methyl sites for hydroxylation is 1. The maximum Gasteiger partial charge on any atom is 0.181 e. The topological polar surface area (TPSA) is 34.4 Å². The lowest BCUT2D eigenvalue weighted by atomic mass is 10.00. The number of nitrogens with zero attached hydrogens (tertiary/aromatic N) is 2. The fraction of sp³-hybridized carbons (Fsp3) is 0.273. The van der Waals surface area contributed by atoms with Gasteiger partial charge in [0.1, 0.15) is 11.3 Å². The summed E-state index contributed by atoms with van der Waals surface area (Å²) in [5, 5.41) is 0.626. The summed E-state index contributed by atoms with van der Waals surface area (Å²) in [7, 11) is 0. The highest BCUT2D eigenvalue weighted by atomic mass is 35.5. The highest BCUT2D eigenvalue weighted by Crippen LogP contribution is 2.23. The van der Waals surface area contributed by atoms with E-state index in [0.717, 1.165) is 29.9 Å². The van der Waals surface area contributed by atoms with Crippen molar-refractivity contribution in [2.24, 2.45) is 0 Å². The molecule has 15 heavy (non-hydrogen) atoms. The van der Waals surface area contributed by atoms with Crippen molar-refractivity contribution in [3.8, 4) is 0 Å². The predicted molar refractivity (Wildman–Crippen MR) is 57.5 cm³/mol. The van der Waals surface area contributed by atoms with E-state index in [0.29, 0.717) is 11.4 Å². The van der Waals surface area contributed by atoms with Crippen LogP contribution in [0.1, 0.15) is 29.0 Å². The summed E-state index contributed by atoms with van der Waals surface area (Å²) in [6.07, 6.45) is 4.17. The molecule has 2 aromatic heterocycles. The van der Waals surface area contributed by atoms with E-state index in [-0.39, 0.29) is 5.78 Å². The Morgan fingerprint density at radius 3 is 3.07 bits per heavy atom. The third kappa shape index (κ3) is 1.27. The minimum atomic E-state index is 0.172. The number of Topliss-reactive ketones (excluding diaryl/α,β-unsaturated/α-hetero) is 1. The first kappa shape index (κ1) is 8.92. The molecular weight excluding hydrogens is 212 g/mol. The molecule has 0 spiro atoms. The number of imidazole rings is 1. The van der Waals surface area contributed by atoms with Crippen LogP contribution in [0.4, 0.5) is 0 Å². The second kappa shape index (κ2) is 3.07. The van der Waals surface area contributed by atoms with Crippen molar-refractivity contribution in [2.75, 3.05) is 0 Å². The smallest absolute Gasteiger partial charge is 0.181 e. The van der Waals surface area contributed by atoms with E-state index < -0.39 is 0 Å². The van der Waals surface area contributed by atoms with Gasteiger partial charge in [0.05, 0.1) is 10.7 Å². The fourth-order valence-corrected chi connectivity index (χ4v) is 2.23. The highest BCUT2D eigenvalue weighted by Gasteiger charge is 2.22. The lowest BCUT2D eigenvalue weighted by Crippen LogP contribution is -2.12. The summed E-state index contributed by atoms with van der Waals surface area (Å²) >= 11 is 5.91. The van der Waals surface area contributed by atoms with Gasteiger partial charge in [0.15, 0.2) is 5.78 Å². The quantitative estimate of drug-likeness (QED) is 0.684. The van der Waals surface area contributed by atoms with Crippen LogP contribution in [0, 0.1) is 0 Å². The molecule has 0 unspecified atom stereocenters. The molecule has 3 rings (SSSR count). The molecule has 3 nitrogen and oxygen atoms in total. The van der Waals surface area contributed by atoms with E-state index >= 15 is 0 Å². The number of rotatable bonds is 0. The van der Waals surface area contributed by atoms with Crippen molar-refractivity contribution in [1.29, 1.82) is 0 Å². The molecule has 1 aliphatic rings. The number of ketones is 1. The van der Waals surface area contributed by atoms with Crippen LogP contribution in [0.2, 0.25) is 5.02 Å². The lowest BCUT2D eigenvalue weighted by molar-refractivity contribution is 0.0966. The van der Waals surface area contributed by atoms with Gasteiger partial charge in [-0.2, -0.15) is 0 Å². The van der Waals surface area contributed by atoms with Gasteiger partial charge in [-0.15, -0.1) is 0 Å². The summed E-state index contributed by atoms with van der Waals surface area (Å²) in [4.78, 5) is 16.2. The van der Waals surface area contributed by atoms with E-state index in [4.69, 9.17) is 11.6 Å². The molecule has 0 amide bonds. The average Bonchev–Trinajstić information content (AvgIpc) is 2.57. The van der Waals surface area contributed by atoms with Crippen molar-refractivity contribution in [2.45, 2.75) is 19.3 Å². The largest absolute Gasteiger partial charge is 0.295 e. The number of carbonyl (C=O) groups excluding carboxylic acids is 1. The average molecular weight is 221 g/mol. The monoisotopic (exact) mass is 220 g/mol. The van der Waals surface area contributed by atoms with Crippen molar-refractivity contribution in [1.82, 2.24) is 9.38 Å². The Kier molecular flexibility index (Phi) is 1.83. The van der Waals surface area contributed by atoms with E-state index in [1.54, 1.807) is 16.7 Å². The van der Waals surface area contributed by atoms with Gasteiger partial charge in [-0.05, 0) is 25.0 Å². The number of halogens is 1. The molecule has 0 aliphatic heterocycles. The second-order valence-electron chi connectivity index (χ2n) is 3.76. The molecular formula is C11H9ClN2O. The van der Waals surface area contributed by atoms with Gasteiger partial charge in [-0.25, -0.2) is 4.98 Å². The van der Waals surface area contributed by atoms with Gasteiger partial charge in [-0.1, -0.05) is 11.6 Å². The molecule has 0 saturated carbocycles. The number of carbonyl (C=O) groups is 1. The first-order valence-electron chi connectivity index (χ1n) is 4.95. The highest BCUT2D eigenvalue weighted by molar-refractivity contribution is 6.30. The third-order valence-electron chi connectivity index (χ3n) is 2.74. The molecule has 0 fully saturated rings. The molecule has 1 aliphatic carbocycles. The van der Waals surface area contributed by atoms with Crippen molar-refractivity contribution in [3.05, 3.63) is 34.7 Å². The Morgan fingerprint density at radius 1 is 1.33 bits per heavy atom. The number of hydrogen-bond donors (Lipinski definition) is 0. The van der Waals surface area contributed by atoms with Crippen LogP contribution >= 0.6 is 11.6 Å². The van der Waals surface area contributed by atoms with Gasteiger partial charge in [0, 0.05) is 12.6 Å². The molecule has 4 heteroatoms. The van der Waals surface area contributed by atoms with Crippen LogP contribution in [0.15, 0.2) is 18.3 Å². The van der Waals surface area contributed by atoms with Crippen LogP contribution in [0.3, 0.4) is 0 Å². The zero-order chi connectivity index (χ0) is 10.4. The Bertz CT molecular complexity index is 559. The fourth-order valence-electron chi connectivity index (χ4n) is 2.07. The second-order valence-corrected chi connectivity index (χ2v) is 4.20. The Labute approximate surface area is 91.7 Å². The van der Waals surface area contributed by atoms with Crippen LogP contribution < -0.4 is 0 Å². The molecule has 0 bridgehead atoms. The first-order chi connectivity index (χ1) is 7.25. The summed E-state index contributed by atoms with van der Waals surface area (Å²) in [6, 6.07) is 3.63. The number of aromatic nitrogens is 2.